The Kier molecular flexibility index (Phi) is 7.24. The van der Waals surface area contributed by atoms with E-state index < -0.39 is 0 Å². The number of hydrogen-bond acceptors (Lipinski definition) is 4. The Labute approximate surface area is 165 Å². The van der Waals surface area contributed by atoms with E-state index >= 15 is 0 Å². The Morgan fingerprint density at radius 3 is 2.96 bits per heavy atom. The van der Waals surface area contributed by atoms with Crippen LogP contribution in [0.1, 0.15) is 20.3 Å². The van der Waals surface area contributed by atoms with Crippen LogP contribution in [0, 0.1) is 11.2 Å². The largest absolute Gasteiger partial charge is 0.380 e. The predicted octanol–water partition coefficient (Wildman–Crippen LogP) is 2.01. The molecular weight excluding hydrogens is 436 g/mol. The molecule has 2 fully saturated rings. The van der Waals surface area contributed by atoms with Gasteiger partial charge in [-0.15, -0.1) is 24.0 Å². The van der Waals surface area contributed by atoms with Crippen molar-refractivity contribution < 1.29 is 9.13 Å². The third kappa shape index (κ3) is 5.16. The molecule has 2 N–H and O–H groups in total. The van der Waals surface area contributed by atoms with Gasteiger partial charge < -0.3 is 20.3 Å². The van der Waals surface area contributed by atoms with E-state index in [0.717, 1.165) is 51.8 Å². The van der Waals surface area contributed by atoms with Crippen molar-refractivity contribution in [3.05, 3.63) is 24.1 Å². The Morgan fingerprint density at radius 1 is 1.52 bits per heavy atom. The lowest BCUT2D eigenvalue weighted by atomic mass is 9.89. The number of aliphatic imine (C=N–C) groups is 1. The summed E-state index contributed by atoms with van der Waals surface area (Å²) < 4.78 is 19.2. The first kappa shape index (κ1) is 20.2. The summed E-state index contributed by atoms with van der Waals surface area (Å²) >= 11 is 0. The van der Waals surface area contributed by atoms with Crippen molar-refractivity contribution in [1.29, 1.82) is 0 Å². The van der Waals surface area contributed by atoms with Crippen LogP contribution in [0.15, 0.2) is 23.3 Å². The Bertz CT molecular complexity index is 596. The molecule has 0 spiro atoms. The second-order valence-electron chi connectivity index (χ2n) is 6.88. The van der Waals surface area contributed by atoms with Crippen LogP contribution < -0.4 is 15.5 Å². The minimum absolute atomic E-state index is 0. The number of guanidine groups is 1. The summed E-state index contributed by atoms with van der Waals surface area (Å²) in [6, 6.07) is 3.30. The zero-order valence-electron chi connectivity index (χ0n) is 14.8. The van der Waals surface area contributed by atoms with Crippen molar-refractivity contribution >= 4 is 35.8 Å². The summed E-state index contributed by atoms with van der Waals surface area (Å²) in [4.78, 5) is 10.8. The number of pyridine rings is 1. The molecule has 0 bridgehead atoms. The van der Waals surface area contributed by atoms with Gasteiger partial charge in [0, 0.05) is 37.3 Å². The van der Waals surface area contributed by atoms with Crippen molar-refractivity contribution in [2.24, 2.45) is 10.4 Å². The maximum absolute atomic E-state index is 13.9. The summed E-state index contributed by atoms with van der Waals surface area (Å²) in [6.07, 6.45) is 2.56. The SMILES string of the molecule is CCNC(=NCC1(C)COC1)NC1CCN(c2ncccc2F)C1.I. The lowest BCUT2D eigenvalue weighted by Gasteiger charge is -2.36. The summed E-state index contributed by atoms with van der Waals surface area (Å²) in [7, 11) is 0. The van der Waals surface area contributed by atoms with E-state index in [-0.39, 0.29) is 41.3 Å². The van der Waals surface area contributed by atoms with Crippen LogP contribution in [0.5, 0.6) is 0 Å². The number of rotatable bonds is 5. The van der Waals surface area contributed by atoms with E-state index in [1.165, 1.54) is 6.07 Å². The van der Waals surface area contributed by atoms with Crippen LogP contribution >= 0.6 is 24.0 Å². The van der Waals surface area contributed by atoms with E-state index in [0.29, 0.717) is 5.82 Å². The molecule has 3 heterocycles. The molecule has 0 radical (unpaired) electrons. The molecule has 0 saturated carbocycles. The smallest absolute Gasteiger partial charge is 0.191 e. The Morgan fingerprint density at radius 2 is 2.32 bits per heavy atom. The molecule has 0 amide bonds. The number of hydrogen-bond donors (Lipinski definition) is 2. The van der Waals surface area contributed by atoms with E-state index in [4.69, 9.17) is 9.73 Å². The maximum Gasteiger partial charge on any atom is 0.191 e. The predicted molar refractivity (Wildman–Crippen MR) is 108 cm³/mol. The van der Waals surface area contributed by atoms with Gasteiger partial charge in [0.1, 0.15) is 0 Å². The Hall–Kier alpha value is -1.16. The number of halogens is 2. The van der Waals surface area contributed by atoms with E-state index in [2.05, 4.69) is 29.5 Å². The molecule has 2 aliphatic heterocycles. The first-order valence-corrected chi connectivity index (χ1v) is 8.58. The molecule has 2 aliphatic rings. The number of ether oxygens (including phenoxy) is 1. The monoisotopic (exact) mass is 463 g/mol. The molecule has 1 unspecified atom stereocenters. The number of nitrogens with zero attached hydrogens (tertiary/aromatic N) is 3. The van der Waals surface area contributed by atoms with Gasteiger partial charge in [0.2, 0.25) is 0 Å². The van der Waals surface area contributed by atoms with Crippen molar-refractivity contribution in [1.82, 2.24) is 15.6 Å². The van der Waals surface area contributed by atoms with Crippen molar-refractivity contribution in [2.45, 2.75) is 26.3 Å². The van der Waals surface area contributed by atoms with Gasteiger partial charge in [-0.1, -0.05) is 6.92 Å². The lowest BCUT2D eigenvalue weighted by molar-refractivity contribution is -0.0945. The molecule has 1 atom stereocenters. The third-order valence-corrected chi connectivity index (χ3v) is 4.43. The molecule has 140 valence electrons. The van der Waals surface area contributed by atoms with Gasteiger partial charge in [0.05, 0.1) is 19.8 Å². The first-order valence-electron chi connectivity index (χ1n) is 8.58. The molecule has 3 rings (SSSR count). The fourth-order valence-corrected chi connectivity index (χ4v) is 3.01. The normalized spacial score (nSPS) is 22.1. The standard InChI is InChI=1S/C17H26FN5O.HI/c1-3-19-16(21-10-17(2)11-24-12-17)22-13-6-8-23(9-13)15-14(18)5-4-7-20-15;/h4-5,7,13H,3,6,8-12H2,1-2H3,(H2,19,21,22);1H. The first-order chi connectivity index (χ1) is 11.6. The van der Waals surface area contributed by atoms with Gasteiger partial charge >= 0.3 is 0 Å². The van der Waals surface area contributed by atoms with Crippen LogP contribution in [0.3, 0.4) is 0 Å². The van der Waals surface area contributed by atoms with Crippen molar-refractivity contribution in [3.63, 3.8) is 0 Å². The molecule has 0 aliphatic carbocycles. The highest BCUT2D eigenvalue weighted by Gasteiger charge is 2.33. The van der Waals surface area contributed by atoms with Gasteiger partial charge in [-0.3, -0.25) is 4.99 Å². The minimum atomic E-state index is -0.267. The summed E-state index contributed by atoms with van der Waals surface area (Å²) in [6.45, 7) is 8.84. The fourth-order valence-electron chi connectivity index (χ4n) is 3.01. The van der Waals surface area contributed by atoms with E-state index in [1.807, 2.05) is 4.90 Å². The van der Waals surface area contributed by atoms with Gasteiger partial charge in [0.25, 0.3) is 0 Å². The number of anilines is 1. The molecule has 8 heteroatoms. The summed E-state index contributed by atoms with van der Waals surface area (Å²) in [5.74, 6) is 0.985. The number of nitrogens with one attached hydrogen (secondary N) is 2. The highest BCUT2D eigenvalue weighted by Crippen LogP contribution is 2.26. The quantitative estimate of drug-likeness (QED) is 0.398. The fraction of sp³-hybridized carbons (Fsp3) is 0.647. The Balaban J connectivity index is 0.00000225. The molecule has 25 heavy (non-hydrogen) atoms. The lowest BCUT2D eigenvalue weighted by Crippen LogP contribution is -2.47. The molecule has 0 aromatic carbocycles. The van der Waals surface area contributed by atoms with E-state index in [1.54, 1.807) is 12.3 Å². The summed E-state index contributed by atoms with van der Waals surface area (Å²) in [5, 5.41) is 6.75. The van der Waals surface area contributed by atoms with Crippen molar-refractivity contribution in [2.75, 3.05) is 44.3 Å². The van der Waals surface area contributed by atoms with Gasteiger partial charge in [-0.25, -0.2) is 9.37 Å². The van der Waals surface area contributed by atoms with Crippen molar-refractivity contribution in [3.8, 4) is 0 Å². The molecule has 2 saturated heterocycles. The highest BCUT2D eigenvalue weighted by molar-refractivity contribution is 14.0. The summed E-state index contributed by atoms with van der Waals surface area (Å²) in [5.41, 5.74) is 0.154. The molecule has 1 aromatic heterocycles. The second-order valence-corrected chi connectivity index (χ2v) is 6.88. The van der Waals surface area contributed by atoms with Gasteiger partial charge in [-0.2, -0.15) is 0 Å². The van der Waals surface area contributed by atoms with Crippen LogP contribution in [0.25, 0.3) is 0 Å². The van der Waals surface area contributed by atoms with E-state index in [9.17, 15) is 4.39 Å². The molecule has 1 aromatic rings. The average Bonchev–Trinajstić information content (AvgIpc) is 3.00. The maximum atomic E-state index is 13.9. The minimum Gasteiger partial charge on any atom is -0.380 e. The average molecular weight is 463 g/mol. The topological polar surface area (TPSA) is 61.8 Å². The molecular formula is C17H27FIN5O. The van der Waals surface area contributed by atoms with Gasteiger partial charge in [0.15, 0.2) is 17.6 Å². The van der Waals surface area contributed by atoms with Crippen LogP contribution in [0.2, 0.25) is 0 Å². The highest BCUT2D eigenvalue weighted by atomic mass is 127. The molecule has 6 nitrogen and oxygen atoms in total. The third-order valence-electron chi connectivity index (χ3n) is 4.43. The van der Waals surface area contributed by atoms with Crippen LogP contribution in [0.4, 0.5) is 10.2 Å². The zero-order chi connectivity index (χ0) is 17.0. The van der Waals surface area contributed by atoms with Crippen LogP contribution in [-0.4, -0.2) is 56.4 Å². The van der Waals surface area contributed by atoms with Crippen LogP contribution in [-0.2, 0) is 4.74 Å². The zero-order valence-corrected chi connectivity index (χ0v) is 17.1. The number of aromatic nitrogens is 1. The second kappa shape index (κ2) is 8.98. The van der Waals surface area contributed by atoms with Gasteiger partial charge in [-0.05, 0) is 25.5 Å².